The standard InChI is InChI=1S/C10H9N3O2/c14-9(15)4-7-5-12-10(13-6-7)8-2-1-3-11-8/h1-3,5-6,11H,4H2,(H,14,15). The first-order valence-electron chi connectivity index (χ1n) is 4.42. The van der Waals surface area contributed by atoms with E-state index >= 15 is 0 Å². The van der Waals surface area contributed by atoms with Crippen molar-refractivity contribution in [3.8, 4) is 11.5 Å². The predicted octanol–water partition coefficient (Wildman–Crippen LogP) is 1.10. The third-order valence-electron chi connectivity index (χ3n) is 1.90. The van der Waals surface area contributed by atoms with Crippen LogP contribution in [0.15, 0.2) is 30.7 Å². The Morgan fingerprint density at radius 3 is 2.67 bits per heavy atom. The van der Waals surface area contributed by atoms with Crippen molar-refractivity contribution in [1.29, 1.82) is 0 Å². The van der Waals surface area contributed by atoms with Crippen LogP contribution in [0, 0.1) is 0 Å². The molecule has 0 amide bonds. The van der Waals surface area contributed by atoms with Gasteiger partial charge in [0, 0.05) is 18.6 Å². The van der Waals surface area contributed by atoms with Crippen molar-refractivity contribution in [2.24, 2.45) is 0 Å². The second-order valence-electron chi connectivity index (χ2n) is 3.07. The van der Waals surface area contributed by atoms with Crippen LogP contribution in [0.5, 0.6) is 0 Å². The van der Waals surface area contributed by atoms with Gasteiger partial charge in [0.05, 0.1) is 12.1 Å². The van der Waals surface area contributed by atoms with Gasteiger partial charge in [-0.2, -0.15) is 0 Å². The summed E-state index contributed by atoms with van der Waals surface area (Å²) in [7, 11) is 0. The van der Waals surface area contributed by atoms with Crippen LogP contribution >= 0.6 is 0 Å². The second kappa shape index (κ2) is 3.91. The zero-order chi connectivity index (χ0) is 10.7. The van der Waals surface area contributed by atoms with Gasteiger partial charge in [-0.1, -0.05) is 0 Å². The number of aromatic amines is 1. The molecule has 2 rings (SSSR count). The Balaban J connectivity index is 2.21. The molecule has 0 bridgehead atoms. The van der Waals surface area contributed by atoms with Gasteiger partial charge in [0.1, 0.15) is 0 Å². The summed E-state index contributed by atoms with van der Waals surface area (Å²) in [6.45, 7) is 0. The van der Waals surface area contributed by atoms with E-state index in [1.54, 1.807) is 6.20 Å². The molecule has 15 heavy (non-hydrogen) atoms. The summed E-state index contributed by atoms with van der Waals surface area (Å²) >= 11 is 0. The van der Waals surface area contributed by atoms with Gasteiger partial charge < -0.3 is 10.1 Å². The highest BCUT2D eigenvalue weighted by molar-refractivity contribution is 5.69. The molecule has 0 saturated carbocycles. The number of nitrogens with one attached hydrogen (secondary N) is 1. The monoisotopic (exact) mass is 203 g/mol. The summed E-state index contributed by atoms with van der Waals surface area (Å²) in [5.74, 6) is -0.319. The lowest BCUT2D eigenvalue weighted by atomic mass is 10.2. The molecule has 0 aliphatic rings. The summed E-state index contributed by atoms with van der Waals surface area (Å²) in [6.07, 6.45) is 4.78. The molecule has 2 aromatic heterocycles. The fraction of sp³-hybridized carbons (Fsp3) is 0.100. The minimum absolute atomic E-state index is 0.0506. The first kappa shape index (κ1) is 9.39. The molecular formula is C10H9N3O2. The third kappa shape index (κ3) is 2.19. The number of aromatic nitrogens is 3. The number of carbonyl (C=O) groups is 1. The van der Waals surface area contributed by atoms with Gasteiger partial charge in [-0.05, 0) is 17.7 Å². The Labute approximate surface area is 85.8 Å². The van der Waals surface area contributed by atoms with Gasteiger partial charge in [-0.3, -0.25) is 4.79 Å². The van der Waals surface area contributed by atoms with Crippen LogP contribution in [0.3, 0.4) is 0 Å². The lowest BCUT2D eigenvalue weighted by Gasteiger charge is -1.98. The molecule has 0 fully saturated rings. The Morgan fingerprint density at radius 1 is 1.40 bits per heavy atom. The molecule has 5 heteroatoms. The minimum Gasteiger partial charge on any atom is -0.481 e. The zero-order valence-electron chi connectivity index (χ0n) is 7.84. The third-order valence-corrected chi connectivity index (χ3v) is 1.90. The van der Waals surface area contributed by atoms with E-state index in [0.29, 0.717) is 11.4 Å². The molecule has 0 atom stereocenters. The van der Waals surface area contributed by atoms with Crippen molar-refractivity contribution >= 4 is 5.97 Å². The summed E-state index contributed by atoms with van der Waals surface area (Å²) in [5, 5.41) is 8.56. The maximum Gasteiger partial charge on any atom is 0.307 e. The second-order valence-corrected chi connectivity index (χ2v) is 3.07. The van der Waals surface area contributed by atoms with E-state index in [9.17, 15) is 4.79 Å². The molecule has 0 unspecified atom stereocenters. The van der Waals surface area contributed by atoms with Crippen LogP contribution in [0.2, 0.25) is 0 Å². The van der Waals surface area contributed by atoms with E-state index in [4.69, 9.17) is 5.11 Å². The van der Waals surface area contributed by atoms with E-state index in [1.165, 1.54) is 12.4 Å². The van der Waals surface area contributed by atoms with Crippen LogP contribution in [0.25, 0.3) is 11.5 Å². The number of rotatable bonds is 3. The summed E-state index contributed by atoms with van der Waals surface area (Å²) in [4.78, 5) is 21.5. The topological polar surface area (TPSA) is 78.9 Å². The summed E-state index contributed by atoms with van der Waals surface area (Å²) in [5.41, 5.74) is 1.41. The number of hydrogen-bond donors (Lipinski definition) is 2. The number of H-pyrrole nitrogens is 1. The van der Waals surface area contributed by atoms with Crippen molar-refractivity contribution < 1.29 is 9.90 Å². The number of nitrogens with zero attached hydrogens (tertiary/aromatic N) is 2. The maximum absolute atomic E-state index is 10.4. The van der Waals surface area contributed by atoms with E-state index in [2.05, 4.69) is 15.0 Å². The molecule has 0 saturated heterocycles. The predicted molar refractivity (Wildman–Crippen MR) is 53.2 cm³/mol. The molecule has 0 aliphatic heterocycles. The Hall–Kier alpha value is -2.17. The molecule has 2 N–H and O–H groups in total. The fourth-order valence-electron chi connectivity index (χ4n) is 1.23. The SMILES string of the molecule is O=C(O)Cc1cnc(-c2ccc[nH]2)nc1. The van der Waals surface area contributed by atoms with E-state index in [1.807, 2.05) is 12.1 Å². The lowest BCUT2D eigenvalue weighted by molar-refractivity contribution is -0.136. The van der Waals surface area contributed by atoms with E-state index in [-0.39, 0.29) is 6.42 Å². The van der Waals surface area contributed by atoms with Gasteiger partial charge in [0.25, 0.3) is 0 Å². The first-order chi connectivity index (χ1) is 7.25. The van der Waals surface area contributed by atoms with Gasteiger partial charge in [-0.25, -0.2) is 9.97 Å². The Bertz CT molecular complexity index is 448. The maximum atomic E-state index is 10.4. The van der Waals surface area contributed by atoms with Gasteiger partial charge in [0.15, 0.2) is 5.82 Å². The van der Waals surface area contributed by atoms with Crippen molar-refractivity contribution in [2.45, 2.75) is 6.42 Å². The average molecular weight is 203 g/mol. The van der Waals surface area contributed by atoms with Crippen molar-refractivity contribution in [3.05, 3.63) is 36.3 Å². The number of aliphatic carboxylic acids is 1. The summed E-state index contributed by atoms with van der Waals surface area (Å²) < 4.78 is 0. The van der Waals surface area contributed by atoms with Crippen molar-refractivity contribution in [2.75, 3.05) is 0 Å². The molecule has 76 valence electrons. The molecular weight excluding hydrogens is 194 g/mol. The Morgan fingerprint density at radius 2 is 2.13 bits per heavy atom. The lowest BCUT2D eigenvalue weighted by Crippen LogP contribution is -2.01. The van der Waals surface area contributed by atoms with Crippen molar-refractivity contribution in [3.63, 3.8) is 0 Å². The van der Waals surface area contributed by atoms with Gasteiger partial charge in [-0.15, -0.1) is 0 Å². The zero-order valence-corrected chi connectivity index (χ0v) is 7.84. The highest BCUT2D eigenvalue weighted by atomic mass is 16.4. The van der Waals surface area contributed by atoms with Crippen LogP contribution in [-0.4, -0.2) is 26.0 Å². The smallest absolute Gasteiger partial charge is 0.307 e. The van der Waals surface area contributed by atoms with Crippen LogP contribution < -0.4 is 0 Å². The number of carboxylic acids is 1. The highest BCUT2D eigenvalue weighted by Crippen LogP contribution is 2.10. The Kier molecular flexibility index (Phi) is 2.45. The molecule has 2 heterocycles. The van der Waals surface area contributed by atoms with Crippen molar-refractivity contribution in [1.82, 2.24) is 15.0 Å². The quantitative estimate of drug-likeness (QED) is 0.782. The number of hydrogen-bond acceptors (Lipinski definition) is 3. The molecule has 0 aromatic carbocycles. The number of carboxylic acid groups (broad SMARTS) is 1. The minimum atomic E-state index is -0.883. The first-order valence-corrected chi connectivity index (χ1v) is 4.42. The average Bonchev–Trinajstić information content (AvgIpc) is 2.71. The molecule has 2 aromatic rings. The van der Waals surface area contributed by atoms with Crippen LogP contribution in [0.4, 0.5) is 0 Å². The molecule has 0 spiro atoms. The van der Waals surface area contributed by atoms with Crippen LogP contribution in [0.1, 0.15) is 5.56 Å². The van der Waals surface area contributed by atoms with Crippen LogP contribution in [-0.2, 0) is 11.2 Å². The van der Waals surface area contributed by atoms with E-state index in [0.717, 1.165) is 5.69 Å². The fourth-order valence-corrected chi connectivity index (χ4v) is 1.23. The normalized spacial score (nSPS) is 10.1. The molecule has 0 aliphatic carbocycles. The molecule has 0 radical (unpaired) electrons. The molecule has 5 nitrogen and oxygen atoms in total. The summed E-state index contributed by atoms with van der Waals surface area (Å²) in [6, 6.07) is 3.70. The largest absolute Gasteiger partial charge is 0.481 e. The highest BCUT2D eigenvalue weighted by Gasteiger charge is 2.04. The van der Waals surface area contributed by atoms with Gasteiger partial charge >= 0.3 is 5.97 Å². The van der Waals surface area contributed by atoms with E-state index < -0.39 is 5.97 Å². The van der Waals surface area contributed by atoms with Gasteiger partial charge in [0.2, 0.25) is 0 Å².